The Morgan fingerprint density at radius 1 is 0.839 bits per heavy atom. The first-order chi connectivity index (χ1) is 14.6. The van der Waals surface area contributed by atoms with Gasteiger partial charge in [-0.25, -0.2) is 0 Å². The number of carbonyl (C=O) groups excluding carboxylic acids is 1. The predicted octanol–water partition coefficient (Wildman–Crippen LogP) is 5.61. The third-order valence-electron chi connectivity index (χ3n) is 5.97. The van der Waals surface area contributed by atoms with Gasteiger partial charge in [-0.15, -0.1) is 0 Å². The first-order valence-corrected chi connectivity index (χ1v) is 14.1. The zero-order valence-electron chi connectivity index (χ0n) is 20.7. The number of nitrogens with zero attached hydrogens (tertiary/aromatic N) is 1. The summed E-state index contributed by atoms with van der Waals surface area (Å²) in [5.74, 6) is 0.293. The average Bonchev–Trinajstić information content (AvgIpc) is 2.69. The van der Waals surface area contributed by atoms with Crippen molar-refractivity contribution < 1.29 is 27.0 Å². The molecule has 0 aromatic carbocycles. The molecule has 0 amide bonds. The molecule has 1 atom stereocenters. The van der Waals surface area contributed by atoms with Gasteiger partial charge < -0.3 is 9.22 Å². The Morgan fingerprint density at radius 3 is 2.03 bits per heavy atom. The summed E-state index contributed by atoms with van der Waals surface area (Å²) < 4.78 is 36.7. The van der Waals surface area contributed by atoms with Gasteiger partial charge in [0.15, 0.2) is 0 Å². The zero-order chi connectivity index (χ0) is 23.6. The highest BCUT2D eigenvalue weighted by Crippen LogP contribution is 2.18. The van der Waals surface area contributed by atoms with Gasteiger partial charge in [0.1, 0.15) is 0 Å². The number of hydrogen-bond donors (Lipinski definition) is 1. The van der Waals surface area contributed by atoms with E-state index in [1.165, 1.54) is 44.9 Å². The van der Waals surface area contributed by atoms with E-state index in [0.29, 0.717) is 25.4 Å². The molecule has 1 unspecified atom stereocenters. The van der Waals surface area contributed by atoms with Crippen molar-refractivity contribution in [3.8, 4) is 0 Å². The van der Waals surface area contributed by atoms with Crippen LogP contribution in [0.2, 0.25) is 0 Å². The van der Waals surface area contributed by atoms with E-state index in [9.17, 15) is 13.2 Å². The van der Waals surface area contributed by atoms with Crippen LogP contribution >= 0.6 is 0 Å². The van der Waals surface area contributed by atoms with Crippen molar-refractivity contribution in [3.05, 3.63) is 0 Å². The smallest absolute Gasteiger partial charge is 0.305 e. The monoisotopic (exact) mass is 464 g/mol. The molecule has 0 bridgehead atoms. The van der Waals surface area contributed by atoms with Gasteiger partial charge in [-0.3, -0.25) is 9.35 Å². The van der Waals surface area contributed by atoms with E-state index in [4.69, 9.17) is 9.29 Å². The van der Waals surface area contributed by atoms with Crippen molar-refractivity contribution in [2.75, 3.05) is 39.5 Å². The van der Waals surface area contributed by atoms with Crippen LogP contribution in [0.1, 0.15) is 104 Å². The van der Waals surface area contributed by atoms with E-state index >= 15 is 0 Å². The molecule has 31 heavy (non-hydrogen) atoms. The Labute approximate surface area is 192 Å². The molecule has 0 rings (SSSR count). The largest absolute Gasteiger partial charge is 0.465 e. The van der Waals surface area contributed by atoms with Crippen molar-refractivity contribution in [1.29, 1.82) is 0 Å². The van der Waals surface area contributed by atoms with E-state index in [1.807, 2.05) is 0 Å². The minimum absolute atomic E-state index is 0.0611. The number of carbonyl (C=O) groups is 1. The Balaban J connectivity index is 3.92. The molecule has 0 aromatic heterocycles. The van der Waals surface area contributed by atoms with Crippen molar-refractivity contribution in [1.82, 2.24) is 0 Å². The lowest BCUT2D eigenvalue weighted by atomic mass is 9.96. The van der Waals surface area contributed by atoms with Gasteiger partial charge in [0.05, 0.1) is 39.5 Å². The topological polar surface area (TPSA) is 80.7 Å². The molecule has 0 saturated carbocycles. The van der Waals surface area contributed by atoms with E-state index in [1.54, 1.807) is 0 Å². The van der Waals surface area contributed by atoms with E-state index < -0.39 is 10.1 Å². The molecule has 0 spiro atoms. The SMILES string of the molecule is CCCCCCC(CCCC)COC(=O)CCCCC[N+](C)(C)CCCCS(=O)(=O)O. The normalized spacial score (nSPS) is 13.3. The summed E-state index contributed by atoms with van der Waals surface area (Å²) in [5.41, 5.74) is 0. The lowest BCUT2D eigenvalue weighted by Gasteiger charge is -2.29. The molecule has 186 valence electrons. The highest BCUT2D eigenvalue weighted by atomic mass is 32.2. The molecular weight excluding hydrogens is 414 g/mol. The summed E-state index contributed by atoms with van der Waals surface area (Å²) in [5, 5.41) is 0. The van der Waals surface area contributed by atoms with Crippen LogP contribution in [0.5, 0.6) is 0 Å². The Morgan fingerprint density at radius 2 is 1.42 bits per heavy atom. The number of hydrogen-bond acceptors (Lipinski definition) is 4. The quantitative estimate of drug-likeness (QED) is 0.103. The molecule has 0 aromatic rings. The maximum Gasteiger partial charge on any atom is 0.305 e. The molecular formula is C24H50NO5S+. The second-order valence-electron chi connectivity index (χ2n) is 9.73. The average molecular weight is 465 g/mol. The van der Waals surface area contributed by atoms with Gasteiger partial charge in [0.25, 0.3) is 10.1 Å². The van der Waals surface area contributed by atoms with E-state index in [0.717, 1.165) is 49.7 Å². The summed E-state index contributed by atoms with van der Waals surface area (Å²) in [6, 6.07) is 0. The summed E-state index contributed by atoms with van der Waals surface area (Å²) in [4.78, 5) is 12.1. The maximum atomic E-state index is 12.1. The molecule has 0 aliphatic carbocycles. The number of rotatable bonds is 21. The third-order valence-corrected chi connectivity index (χ3v) is 6.78. The van der Waals surface area contributed by atoms with Crippen LogP contribution in [0.15, 0.2) is 0 Å². The van der Waals surface area contributed by atoms with Crippen LogP contribution < -0.4 is 0 Å². The minimum Gasteiger partial charge on any atom is -0.465 e. The van der Waals surface area contributed by atoms with Crippen LogP contribution in [0, 0.1) is 5.92 Å². The van der Waals surface area contributed by atoms with Gasteiger partial charge in [0, 0.05) is 6.42 Å². The Bertz CT molecular complexity index is 548. The molecule has 0 fully saturated rings. The molecule has 7 heteroatoms. The molecule has 0 aliphatic heterocycles. The molecule has 0 heterocycles. The summed E-state index contributed by atoms with van der Waals surface area (Å²) in [7, 11) is 0.428. The molecule has 0 radical (unpaired) electrons. The number of quaternary nitrogens is 1. The second-order valence-corrected chi connectivity index (χ2v) is 11.3. The van der Waals surface area contributed by atoms with Crippen LogP contribution in [0.3, 0.4) is 0 Å². The number of ether oxygens (including phenoxy) is 1. The van der Waals surface area contributed by atoms with Gasteiger partial charge in [-0.05, 0) is 50.9 Å². The first-order valence-electron chi connectivity index (χ1n) is 12.5. The predicted molar refractivity (Wildman–Crippen MR) is 129 cm³/mol. The lowest BCUT2D eigenvalue weighted by Crippen LogP contribution is -2.41. The van der Waals surface area contributed by atoms with Gasteiger partial charge in [-0.2, -0.15) is 8.42 Å². The van der Waals surface area contributed by atoms with Crippen LogP contribution in [-0.4, -0.2) is 63.0 Å². The molecule has 1 N–H and O–H groups in total. The van der Waals surface area contributed by atoms with Crippen molar-refractivity contribution in [2.24, 2.45) is 5.92 Å². The summed E-state index contributed by atoms with van der Waals surface area (Å²) >= 11 is 0. The highest BCUT2D eigenvalue weighted by Gasteiger charge is 2.16. The van der Waals surface area contributed by atoms with Crippen LogP contribution in [0.4, 0.5) is 0 Å². The molecule has 0 saturated heterocycles. The Kier molecular flexibility index (Phi) is 17.5. The lowest BCUT2D eigenvalue weighted by molar-refractivity contribution is -0.890. The van der Waals surface area contributed by atoms with E-state index in [-0.39, 0.29) is 11.7 Å². The summed E-state index contributed by atoms with van der Waals surface area (Å²) in [6.07, 6.45) is 14.4. The zero-order valence-corrected chi connectivity index (χ0v) is 21.6. The molecule has 6 nitrogen and oxygen atoms in total. The fourth-order valence-electron chi connectivity index (χ4n) is 3.87. The fraction of sp³-hybridized carbons (Fsp3) is 0.958. The van der Waals surface area contributed by atoms with Crippen LogP contribution in [0.25, 0.3) is 0 Å². The van der Waals surface area contributed by atoms with Crippen molar-refractivity contribution >= 4 is 16.1 Å². The minimum atomic E-state index is -3.85. The number of esters is 1. The van der Waals surface area contributed by atoms with Gasteiger partial charge in [-0.1, -0.05) is 52.4 Å². The highest BCUT2D eigenvalue weighted by molar-refractivity contribution is 7.85. The van der Waals surface area contributed by atoms with Gasteiger partial charge >= 0.3 is 5.97 Å². The van der Waals surface area contributed by atoms with Crippen LogP contribution in [-0.2, 0) is 19.6 Å². The first kappa shape index (κ1) is 30.3. The van der Waals surface area contributed by atoms with E-state index in [2.05, 4.69) is 27.9 Å². The second kappa shape index (κ2) is 17.8. The van der Waals surface area contributed by atoms with Gasteiger partial charge in [0.2, 0.25) is 0 Å². The van der Waals surface area contributed by atoms with Crippen molar-refractivity contribution in [3.63, 3.8) is 0 Å². The fourth-order valence-corrected chi connectivity index (χ4v) is 4.44. The summed E-state index contributed by atoms with van der Waals surface area (Å²) in [6.45, 7) is 6.90. The maximum absolute atomic E-state index is 12.1. The standard InChI is InChI=1S/C24H49NO5S/c1-5-7-9-11-17-23(16-8-6-2)22-30-24(26)18-12-10-13-19-25(3,4)20-14-15-21-31(27,28)29/h23H,5-22H2,1-4H3/p+1. The number of unbranched alkanes of at least 4 members (excludes halogenated alkanes) is 7. The third kappa shape index (κ3) is 21.0. The van der Waals surface area contributed by atoms with Crippen molar-refractivity contribution in [2.45, 2.75) is 104 Å². The Hall–Kier alpha value is -0.660. The molecule has 0 aliphatic rings.